The quantitative estimate of drug-likeness (QED) is 0.923. The molecule has 1 amide bonds. The van der Waals surface area contributed by atoms with Crippen molar-refractivity contribution in [3.05, 3.63) is 40.4 Å². The highest BCUT2D eigenvalue weighted by Gasteiger charge is 2.26. The van der Waals surface area contributed by atoms with Crippen LogP contribution in [0.3, 0.4) is 0 Å². The zero-order valence-corrected chi connectivity index (χ0v) is 15.1. The van der Waals surface area contributed by atoms with Crippen molar-refractivity contribution in [1.82, 2.24) is 9.88 Å². The molecule has 1 saturated heterocycles. The van der Waals surface area contributed by atoms with Crippen molar-refractivity contribution >= 4 is 17.2 Å². The van der Waals surface area contributed by atoms with Gasteiger partial charge in [-0.05, 0) is 37.7 Å². The first-order valence-corrected chi connectivity index (χ1v) is 9.41. The van der Waals surface area contributed by atoms with E-state index in [-0.39, 0.29) is 12.5 Å². The average molecular weight is 344 g/mol. The fraction of sp³-hybridized carbons (Fsp3) is 0.474. The summed E-state index contributed by atoms with van der Waals surface area (Å²) in [5, 5.41) is 10.1. The Labute approximate surface area is 147 Å². The molecule has 0 aliphatic carbocycles. The predicted molar refractivity (Wildman–Crippen MR) is 97.4 cm³/mol. The molecule has 2 heterocycles. The first kappa shape index (κ1) is 17.1. The lowest BCUT2D eigenvalue weighted by Gasteiger charge is -2.30. The zero-order valence-electron chi connectivity index (χ0n) is 14.3. The lowest BCUT2D eigenvalue weighted by Crippen LogP contribution is -2.39. The van der Waals surface area contributed by atoms with Crippen LogP contribution in [-0.2, 0) is 6.42 Å². The van der Waals surface area contributed by atoms with E-state index >= 15 is 0 Å². The van der Waals surface area contributed by atoms with Crippen molar-refractivity contribution in [1.29, 1.82) is 0 Å². The van der Waals surface area contributed by atoms with Crippen LogP contribution in [0.2, 0.25) is 0 Å². The number of aromatic nitrogens is 1. The third-order valence-electron chi connectivity index (χ3n) is 4.76. The van der Waals surface area contributed by atoms with Crippen LogP contribution in [0.4, 0.5) is 0 Å². The molecule has 5 heteroatoms. The number of thiazole rings is 1. The van der Waals surface area contributed by atoms with E-state index in [0.717, 1.165) is 53.5 Å². The molecule has 0 saturated carbocycles. The van der Waals surface area contributed by atoms with Crippen LogP contribution in [0.1, 0.15) is 40.7 Å². The Morgan fingerprint density at radius 2 is 1.96 bits per heavy atom. The molecule has 0 unspecified atom stereocenters. The largest absolute Gasteiger partial charge is 0.396 e. The van der Waals surface area contributed by atoms with Gasteiger partial charge in [-0.3, -0.25) is 4.79 Å². The third kappa shape index (κ3) is 3.52. The van der Waals surface area contributed by atoms with Crippen LogP contribution in [0.5, 0.6) is 0 Å². The molecule has 2 aromatic rings. The van der Waals surface area contributed by atoms with E-state index in [2.05, 4.69) is 36.2 Å². The summed E-state index contributed by atoms with van der Waals surface area (Å²) in [5.74, 6) is 0.419. The number of aliphatic hydroxyl groups is 1. The fourth-order valence-corrected chi connectivity index (χ4v) is 4.10. The molecule has 24 heavy (non-hydrogen) atoms. The highest BCUT2D eigenvalue weighted by atomic mass is 32.1. The van der Waals surface area contributed by atoms with Gasteiger partial charge in [0, 0.05) is 25.3 Å². The van der Waals surface area contributed by atoms with Crippen molar-refractivity contribution in [3.8, 4) is 10.6 Å². The molecule has 4 nitrogen and oxygen atoms in total. The summed E-state index contributed by atoms with van der Waals surface area (Å²) < 4.78 is 0. The van der Waals surface area contributed by atoms with E-state index in [0.29, 0.717) is 5.92 Å². The summed E-state index contributed by atoms with van der Waals surface area (Å²) in [6.07, 6.45) is 2.78. The minimum atomic E-state index is 0.0813. The Morgan fingerprint density at radius 1 is 1.29 bits per heavy atom. The molecular weight excluding hydrogens is 320 g/mol. The van der Waals surface area contributed by atoms with Gasteiger partial charge in [-0.1, -0.05) is 31.2 Å². The summed E-state index contributed by atoms with van der Waals surface area (Å²) in [4.78, 5) is 20.1. The van der Waals surface area contributed by atoms with E-state index < -0.39 is 0 Å². The van der Waals surface area contributed by atoms with Gasteiger partial charge in [0.1, 0.15) is 9.88 Å². The van der Waals surface area contributed by atoms with Crippen molar-refractivity contribution in [2.24, 2.45) is 5.92 Å². The van der Waals surface area contributed by atoms with Gasteiger partial charge >= 0.3 is 0 Å². The second-order valence-corrected chi connectivity index (χ2v) is 7.40. The number of aryl methyl sites for hydroxylation is 2. The average Bonchev–Trinajstić information content (AvgIpc) is 3.03. The van der Waals surface area contributed by atoms with Crippen LogP contribution < -0.4 is 0 Å². The molecule has 0 radical (unpaired) electrons. The lowest BCUT2D eigenvalue weighted by atomic mass is 9.98. The Kier molecular flexibility index (Phi) is 5.31. The van der Waals surface area contributed by atoms with Gasteiger partial charge in [0.2, 0.25) is 0 Å². The van der Waals surface area contributed by atoms with E-state index in [1.54, 1.807) is 0 Å². The summed E-state index contributed by atoms with van der Waals surface area (Å²) in [6, 6.07) is 8.40. The minimum Gasteiger partial charge on any atom is -0.396 e. The van der Waals surface area contributed by atoms with Crippen LogP contribution in [0.15, 0.2) is 24.3 Å². The second kappa shape index (κ2) is 7.45. The molecule has 128 valence electrons. The number of carbonyl (C=O) groups is 1. The number of benzene rings is 1. The van der Waals surface area contributed by atoms with Crippen molar-refractivity contribution in [2.75, 3.05) is 19.7 Å². The van der Waals surface area contributed by atoms with Gasteiger partial charge in [-0.15, -0.1) is 11.3 Å². The molecular formula is C19H24N2O2S. The van der Waals surface area contributed by atoms with Crippen molar-refractivity contribution in [3.63, 3.8) is 0 Å². The van der Waals surface area contributed by atoms with Gasteiger partial charge in [-0.25, -0.2) is 4.98 Å². The zero-order chi connectivity index (χ0) is 17.1. The highest BCUT2D eigenvalue weighted by molar-refractivity contribution is 7.17. The van der Waals surface area contributed by atoms with Crippen LogP contribution in [0.25, 0.3) is 10.6 Å². The topological polar surface area (TPSA) is 53.4 Å². The van der Waals surface area contributed by atoms with Crippen molar-refractivity contribution < 1.29 is 9.90 Å². The molecule has 1 aliphatic rings. The van der Waals surface area contributed by atoms with Gasteiger partial charge < -0.3 is 10.0 Å². The molecule has 1 fully saturated rings. The lowest BCUT2D eigenvalue weighted by molar-refractivity contribution is 0.0654. The summed E-state index contributed by atoms with van der Waals surface area (Å²) in [5.41, 5.74) is 3.18. The van der Waals surface area contributed by atoms with Gasteiger partial charge in [0.15, 0.2) is 0 Å². The highest BCUT2D eigenvalue weighted by Crippen LogP contribution is 2.30. The van der Waals surface area contributed by atoms with Crippen LogP contribution in [0, 0.1) is 12.8 Å². The first-order chi connectivity index (χ1) is 11.6. The number of hydrogen-bond donors (Lipinski definition) is 1. The number of carbonyl (C=O) groups excluding carboxylic acids is 1. The maximum absolute atomic E-state index is 12.8. The molecule has 1 aliphatic heterocycles. The first-order valence-electron chi connectivity index (χ1n) is 8.59. The van der Waals surface area contributed by atoms with Crippen molar-refractivity contribution in [2.45, 2.75) is 33.1 Å². The molecule has 3 rings (SSSR count). The number of likely N-dealkylation sites (tertiary alicyclic amines) is 1. The second-order valence-electron chi connectivity index (χ2n) is 6.40. The van der Waals surface area contributed by atoms with Gasteiger partial charge in [0.05, 0.1) is 5.69 Å². The molecule has 1 aromatic heterocycles. The molecule has 0 spiro atoms. The Balaban J connectivity index is 1.77. The van der Waals surface area contributed by atoms with Crippen LogP contribution in [-0.4, -0.2) is 40.6 Å². The Morgan fingerprint density at radius 3 is 2.54 bits per heavy atom. The molecule has 1 aromatic carbocycles. The number of rotatable bonds is 4. The molecule has 0 atom stereocenters. The number of nitrogens with zero attached hydrogens (tertiary/aromatic N) is 2. The number of hydrogen-bond acceptors (Lipinski definition) is 4. The minimum absolute atomic E-state index is 0.0813. The Hall–Kier alpha value is -1.72. The van der Waals surface area contributed by atoms with E-state index in [4.69, 9.17) is 0 Å². The fourth-order valence-electron chi connectivity index (χ4n) is 3.06. The smallest absolute Gasteiger partial charge is 0.265 e. The SMILES string of the molecule is CCc1ccc(-c2nc(C)c(C(=O)N3CCC(CO)CC3)s2)cc1. The normalized spacial score (nSPS) is 15.7. The standard InChI is InChI=1S/C19H24N2O2S/c1-3-14-4-6-16(7-5-14)18-20-13(2)17(24-18)19(23)21-10-8-15(12-22)9-11-21/h4-7,15,22H,3,8-12H2,1-2H3. The van der Waals surface area contributed by atoms with E-state index in [9.17, 15) is 9.90 Å². The van der Waals surface area contributed by atoms with E-state index in [1.807, 2.05) is 11.8 Å². The number of piperidine rings is 1. The molecule has 0 bridgehead atoms. The third-order valence-corrected chi connectivity index (χ3v) is 5.95. The number of amides is 1. The molecule has 1 N–H and O–H groups in total. The maximum Gasteiger partial charge on any atom is 0.265 e. The Bertz CT molecular complexity index is 701. The predicted octanol–water partition coefficient (Wildman–Crippen LogP) is 3.53. The summed E-state index contributed by atoms with van der Waals surface area (Å²) in [7, 11) is 0. The number of aliphatic hydroxyl groups excluding tert-OH is 1. The monoisotopic (exact) mass is 344 g/mol. The van der Waals surface area contributed by atoms with Gasteiger partial charge in [-0.2, -0.15) is 0 Å². The summed E-state index contributed by atoms with van der Waals surface area (Å²) in [6.45, 7) is 5.72. The van der Waals surface area contributed by atoms with Gasteiger partial charge in [0.25, 0.3) is 5.91 Å². The van der Waals surface area contributed by atoms with Crippen LogP contribution >= 0.6 is 11.3 Å². The summed E-state index contributed by atoms with van der Waals surface area (Å²) >= 11 is 1.48. The maximum atomic E-state index is 12.8. The van der Waals surface area contributed by atoms with E-state index in [1.165, 1.54) is 16.9 Å².